The average Bonchev–Trinajstić information content (AvgIpc) is 2.43. The van der Waals surface area contributed by atoms with Crippen molar-refractivity contribution in [2.75, 3.05) is 12.8 Å². The van der Waals surface area contributed by atoms with Gasteiger partial charge in [0, 0.05) is 31.7 Å². The lowest BCUT2D eigenvalue weighted by molar-refractivity contribution is 0.459. The molecule has 1 aromatic carbocycles. The van der Waals surface area contributed by atoms with Gasteiger partial charge >= 0.3 is 0 Å². The molecule has 0 aliphatic heterocycles. The van der Waals surface area contributed by atoms with Gasteiger partial charge in [0.05, 0.1) is 4.47 Å². The maximum absolute atomic E-state index is 14.1. The molecule has 1 aromatic heterocycles. The van der Waals surface area contributed by atoms with E-state index < -0.39 is 20.7 Å². The van der Waals surface area contributed by atoms with E-state index in [1.54, 1.807) is 24.5 Å². The van der Waals surface area contributed by atoms with Crippen LogP contribution in [-0.2, 0) is 16.6 Å². The molecule has 0 fully saturated rings. The van der Waals surface area contributed by atoms with Crippen molar-refractivity contribution >= 4 is 31.6 Å². The molecule has 0 atom stereocenters. The summed E-state index contributed by atoms with van der Waals surface area (Å²) in [5.74, 6) is -0.856. The van der Waals surface area contributed by atoms with Crippen molar-refractivity contribution in [2.45, 2.75) is 11.4 Å². The van der Waals surface area contributed by atoms with Gasteiger partial charge in [0.15, 0.2) is 5.82 Å². The summed E-state index contributed by atoms with van der Waals surface area (Å²) >= 11 is 2.96. The summed E-state index contributed by atoms with van der Waals surface area (Å²) in [5, 5.41) is 0. The van der Waals surface area contributed by atoms with E-state index in [2.05, 4.69) is 20.9 Å². The third-order valence-electron chi connectivity index (χ3n) is 2.86. The zero-order valence-electron chi connectivity index (χ0n) is 11.1. The van der Waals surface area contributed by atoms with Gasteiger partial charge in [-0.25, -0.2) is 12.8 Å². The molecule has 0 saturated carbocycles. The Morgan fingerprint density at radius 3 is 2.57 bits per heavy atom. The molecule has 112 valence electrons. The lowest BCUT2D eigenvalue weighted by Crippen LogP contribution is -2.27. The maximum Gasteiger partial charge on any atom is 0.246 e. The van der Waals surface area contributed by atoms with Crippen molar-refractivity contribution in [3.63, 3.8) is 0 Å². The number of benzene rings is 1. The normalized spacial score (nSPS) is 11.8. The van der Waals surface area contributed by atoms with Crippen LogP contribution >= 0.6 is 15.9 Å². The topological polar surface area (TPSA) is 76.3 Å². The van der Waals surface area contributed by atoms with Crippen molar-refractivity contribution in [1.82, 2.24) is 9.29 Å². The van der Waals surface area contributed by atoms with Gasteiger partial charge in [0.25, 0.3) is 0 Å². The number of aromatic nitrogens is 1. The summed E-state index contributed by atoms with van der Waals surface area (Å²) in [6.07, 6.45) is 3.13. The number of anilines is 1. The standard InChI is InChI=1S/C13H13BrFN3O2S/c1-18(8-9-2-4-17-5-3-9)21(19,20)12-7-10(16)6-11(14)13(12)15/h2-7H,8,16H2,1H3. The van der Waals surface area contributed by atoms with E-state index in [0.29, 0.717) is 0 Å². The molecule has 0 saturated heterocycles. The van der Waals surface area contributed by atoms with E-state index >= 15 is 0 Å². The number of hydrogen-bond acceptors (Lipinski definition) is 4. The van der Waals surface area contributed by atoms with Crippen molar-refractivity contribution in [3.05, 3.63) is 52.5 Å². The van der Waals surface area contributed by atoms with Crippen LogP contribution in [0.15, 0.2) is 46.0 Å². The number of halogens is 2. The molecular weight excluding hydrogens is 361 g/mol. The molecular formula is C13H13BrFN3O2S. The fourth-order valence-corrected chi connectivity index (χ4v) is 3.66. The van der Waals surface area contributed by atoms with Gasteiger partial charge in [-0.05, 0) is 45.8 Å². The monoisotopic (exact) mass is 373 g/mol. The number of hydrogen-bond donors (Lipinski definition) is 1. The first-order chi connectivity index (χ1) is 9.82. The largest absolute Gasteiger partial charge is 0.399 e. The van der Waals surface area contributed by atoms with Crippen LogP contribution in [0.25, 0.3) is 0 Å². The zero-order chi connectivity index (χ0) is 15.6. The molecule has 8 heteroatoms. The van der Waals surface area contributed by atoms with E-state index in [1.165, 1.54) is 13.1 Å². The van der Waals surface area contributed by atoms with Gasteiger partial charge in [-0.15, -0.1) is 0 Å². The van der Waals surface area contributed by atoms with Gasteiger partial charge in [-0.2, -0.15) is 4.31 Å². The van der Waals surface area contributed by atoms with Crippen LogP contribution in [0, 0.1) is 5.82 Å². The summed E-state index contributed by atoms with van der Waals surface area (Å²) in [7, 11) is -2.60. The van der Waals surface area contributed by atoms with Gasteiger partial charge < -0.3 is 5.73 Å². The molecule has 0 aliphatic carbocycles. The molecule has 2 rings (SSSR count). The van der Waals surface area contributed by atoms with Gasteiger partial charge in [-0.1, -0.05) is 0 Å². The quantitative estimate of drug-likeness (QED) is 0.834. The van der Waals surface area contributed by atoms with Crippen LogP contribution in [0.5, 0.6) is 0 Å². The van der Waals surface area contributed by atoms with Crippen molar-refractivity contribution in [2.24, 2.45) is 0 Å². The summed E-state index contributed by atoms with van der Waals surface area (Å²) in [6.45, 7) is 0.108. The Balaban J connectivity index is 2.38. The molecule has 21 heavy (non-hydrogen) atoms. The van der Waals surface area contributed by atoms with Crippen LogP contribution in [-0.4, -0.2) is 24.8 Å². The minimum atomic E-state index is -3.98. The van der Waals surface area contributed by atoms with Gasteiger partial charge in [-0.3, -0.25) is 4.98 Å². The van der Waals surface area contributed by atoms with Crippen molar-refractivity contribution < 1.29 is 12.8 Å². The molecule has 2 N–H and O–H groups in total. The minimum Gasteiger partial charge on any atom is -0.399 e. The predicted octanol–water partition coefficient (Wildman–Crippen LogP) is 2.39. The number of rotatable bonds is 4. The Labute approximate surface area is 130 Å². The zero-order valence-corrected chi connectivity index (χ0v) is 13.5. The van der Waals surface area contributed by atoms with Crippen LogP contribution in [0.4, 0.5) is 10.1 Å². The molecule has 0 bridgehead atoms. The van der Waals surface area contributed by atoms with E-state index in [-0.39, 0.29) is 16.7 Å². The minimum absolute atomic E-state index is 0.0124. The molecule has 1 heterocycles. The van der Waals surface area contributed by atoms with Crippen LogP contribution in [0.3, 0.4) is 0 Å². The van der Waals surface area contributed by atoms with Crippen LogP contribution < -0.4 is 5.73 Å². The smallest absolute Gasteiger partial charge is 0.246 e. The van der Waals surface area contributed by atoms with Crippen molar-refractivity contribution in [3.8, 4) is 0 Å². The van der Waals surface area contributed by atoms with Gasteiger partial charge in [0.2, 0.25) is 10.0 Å². The summed E-state index contributed by atoms with van der Waals surface area (Å²) in [5.41, 5.74) is 6.51. The number of nitrogen functional groups attached to an aromatic ring is 1. The molecule has 5 nitrogen and oxygen atoms in total. The Morgan fingerprint density at radius 2 is 1.95 bits per heavy atom. The van der Waals surface area contributed by atoms with E-state index in [4.69, 9.17) is 5.73 Å². The van der Waals surface area contributed by atoms with Gasteiger partial charge in [0.1, 0.15) is 4.90 Å². The highest BCUT2D eigenvalue weighted by Crippen LogP contribution is 2.28. The highest BCUT2D eigenvalue weighted by atomic mass is 79.9. The molecule has 0 spiro atoms. The van der Waals surface area contributed by atoms with E-state index in [9.17, 15) is 12.8 Å². The Bertz CT molecular complexity index is 754. The van der Waals surface area contributed by atoms with Crippen LogP contribution in [0.1, 0.15) is 5.56 Å². The Kier molecular flexibility index (Phi) is 4.60. The SMILES string of the molecule is CN(Cc1ccncc1)S(=O)(=O)c1cc(N)cc(Br)c1F. The number of pyridine rings is 1. The first kappa shape index (κ1) is 15.9. The fourth-order valence-electron chi connectivity index (χ4n) is 1.77. The number of sulfonamides is 1. The highest BCUT2D eigenvalue weighted by Gasteiger charge is 2.26. The molecule has 0 radical (unpaired) electrons. The Morgan fingerprint density at radius 1 is 1.33 bits per heavy atom. The molecule has 0 amide bonds. The predicted molar refractivity (Wildman–Crippen MR) is 81.4 cm³/mol. The first-order valence-corrected chi connectivity index (χ1v) is 8.15. The van der Waals surface area contributed by atoms with E-state index in [0.717, 1.165) is 15.9 Å². The molecule has 0 aliphatic rings. The lowest BCUT2D eigenvalue weighted by Gasteiger charge is -2.18. The lowest BCUT2D eigenvalue weighted by atomic mass is 10.3. The Hall–Kier alpha value is -1.51. The average molecular weight is 374 g/mol. The second kappa shape index (κ2) is 6.08. The number of nitrogens with zero attached hydrogens (tertiary/aromatic N) is 2. The van der Waals surface area contributed by atoms with Crippen LogP contribution in [0.2, 0.25) is 0 Å². The first-order valence-electron chi connectivity index (χ1n) is 5.92. The molecule has 2 aromatic rings. The fraction of sp³-hybridized carbons (Fsp3) is 0.154. The third kappa shape index (κ3) is 3.39. The maximum atomic E-state index is 14.1. The second-order valence-corrected chi connectivity index (χ2v) is 7.30. The van der Waals surface area contributed by atoms with Crippen molar-refractivity contribution in [1.29, 1.82) is 0 Å². The second-order valence-electron chi connectivity index (χ2n) is 4.43. The number of nitrogens with two attached hydrogens (primary N) is 1. The van der Waals surface area contributed by atoms with E-state index in [1.807, 2.05) is 0 Å². The highest BCUT2D eigenvalue weighted by molar-refractivity contribution is 9.10. The summed E-state index contributed by atoms with van der Waals surface area (Å²) < 4.78 is 40.0. The summed E-state index contributed by atoms with van der Waals surface area (Å²) in [6, 6.07) is 5.81. The summed E-state index contributed by atoms with van der Waals surface area (Å²) in [4.78, 5) is 3.41. The third-order valence-corrected chi connectivity index (χ3v) is 5.24. The molecule has 0 unspecified atom stereocenters.